The Hall–Kier alpha value is -1.51. The average molecular weight is 179 g/mol. The molecule has 3 nitrogen and oxygen atoms in total. The van der Waals surface area contributed by atoms with Crippen molar-refractivity contribution in [3.05, 3.63) is 29.3 Å². The van der Waals surface area contributed by atoms with E-state index in [0.29, 0.717) is 5.56 Å². The number of nitrogens with one attached hydrogen (secondary N) is 1. The lowest BCUT2D eigenvalue weighted by atomic mass is 10.1. The molecule has 0 aliphatic rings. The van der Waals surface area contributed by atoms with Crippen molar-refractivity contribution in [2.75, 3.05) is 11.9 Å². The Morgan fingerprint density at radius 1 is 1.54 bits per heavy atom. The van der Waals surface area contributed by atoms with Crippen LogP contribution in [0.4, 0.5) is 5.69 Å². The molecule has 0 atom stereocenters. The summed E-state index contributed by atoms with van der Waals surface area (Å²) in [6, 6.07) is 5.24. The quantitative estimate of drug-likeness (QED) is 0.747. The summed E-state index contributed by atoms with van der Waals surface area (Å²) in [7, 11) is 0. The predicted octanol–water partition coefficient (Wildman–Crippen LogP) is 2.13. The molecule has 0 radical (unpaired) electrons. The van der Waals surface area contributed by atoms with Crippen molar-refractivity contribution in [2.45, 2.75) is 13.8 Å². The van der Waals surface area contributed by atoms with Gasteiger partial charge in [-0.2, -0.15) is 0 Å². The molecule has 3 heteroatoms. The summed E-state index contributed by atoms with van der Waals surface area (Å²) in [5.74, 6) is -0.874. The minimum absolute atomic E-state index is 0.363. The molecule has 0 spiro atoms. The number of anilines is 1. The first-order valence-electron chi connectivity index (χ1n) is 4.23. The molecule has 0 saturated heterocycles. The number of hydrogen-bond acceptors (Lipinski definition) is 2. The smallest absolute Gasteiger partial charge is 0.335 e. The van der Waals surface area contributed by atoms with E-state index in [1.807, 2.05) is 13.0 Å². The fourth-order valence-corrected chi connectivity index (χ4v) is 1.22. The van der Waals surface area contributed by atoms with E-state index in [1.165, 1.54) is 0 Å². The summed E-state index contributed by atoms with van der Waals surface area (Å²) < 4.78 is 0. The first-order chi connectivity index (χ1) is 6.15. The second kappa shape index (κ2) is 3.94. The molecule has 1 rings (SSSR count). The Morgan fingerprint density at radius 2 is 2.23 bits per heavy atom. The molecule has 1 aromatic rings. The molecule has 70 valence electrons. The van der Waals surface area contributed by atoms with Gasteiger partial charge in [-0.05, 0) is 37.6 Å². The number of hydrogen-bond donors (Lipinski definition) is 2. The van der Waals surface area contributed by atoms with E-state index >= 15 is 0 Å². The van der Waals surface area contributed by atoms with Gasteiger partial charge in [0.1, 0.15) is 0 Å². The van der Waals surface area contributed by atoms with Crippen molar-refractivity contribution >= 4 is 11.7 Å². The molecular weight excluding hydrogens is 166 g/mol. The Kier molecular flexibility index (Phi) is 2.90. The normalized spacial score (nSPS) is 9.69. The van der Waals surface area contributed by atoms with E-state index in [9.17, 15) is 4.79 Å². The lowest BCUT2D eigenvalue weighted by Crippen LogP contribution is -2.02. The Morgan fingerprint density at radius 3 is 2.69 bits per heavy atom. The standard InChI is InChI=1S/C10H13NO2/c1-3-11-8-4-5-9(10(12)13)7(2)6-8/h4-6,11H,3H2,1-2H3,(H,12,13). The maximum absolute atomic E-state index is 10.7. The van der Waals surface area contributed by atoms with Crippen molar-refractivity contribution in [1.82, 2.24) is 0 Å². The summed E-state index contributed by atoms with van der Waals surface area (Å²) in [5, 5.41) is 11.9. The highest BCUT2D eigenvalue weighted by Crippen LogP contribution is 2.14. The van der Waals surface area contributed by atoms with Crippen LogP contribution in [0.25, 0.3) is 0 Å². The van der Waals surface area contributed by atoms with Crippen LogP contribution in [0.3, 0.4) is 0 Å². The monoisotopic (exact) mass is 179 g/mol. The Bertz CT molecular complexity index is 321. The van der Waals surface area contributed by atoms with Gasteiger partial charge in [0.25, 0.3) is 0 Å². The fourth-order valence-electron chi connectivity index (χ4n) is 1.22. The molecule has 0 aromatic heterocycles. The molecule has 1 aromatic carbocycles. The van der Waals surface area contributed by atoms with Crippen LogP contribution in [0.2, 0.25) is 0 Å². The fraction of sp³-hybridized carbons (Fsp3) is 0.300. The molecule has 0 bridgehead atoms. The van der Waals surface area contributed by atoms with Crippen LogP contribution in [-0.4, -0.2) is 17.6 Å². The lowest BCUT2D eigenvalue weighted by molar-refractivity contribution is 0.0696. The lowest BCUT2D eigenvalue weighted by Gasteiger charge is -2.05. The number of carboxylic acid groups (broad SMARTS) is 1. The summed E-state index contributed by atoms with van der Waals surface area (Å²) in [6.07, 6.45) is 0. The number of carbonyl (C=O) groups is 1. The Balaban J connectivity index is 2.98. The highest BCUT2D eigenvalue weighted by atomic mass is 16.4. The minimum atomic E-state index is -0.874. The van der Waals surface area contributed by atoms with E-state index in [1.54, 1.807) is 19.1 Å². The molecule has 0 heterocycles. The van der Waals surface area contributed by atoms with E-state index in [-0.39, 0.29) is 0 Å². The maximum atomic E-state index is 10.7. The molecule has 13 heavy (non-hydrogen) atoms. The van der Waals surface area contributed by atoms with E-state index < -0.39 is 5.97 Å². The zero-order chi connectivity index (χ0) is 9.84. The predicted molar refractivity (Wildman–Crippen MR) is 52.3 cm³/mol. The number of rotatable bonds is 3. The topological polar surface area (TPSA) is 49.3 Å². The van der Waals surface area contributed by atoms with Gasteiger partial charge in [-0.1, -0.05) is 0 Å². The van der Waals surface area contributed by atoms with E-state index in [4.69, 9.17) is 5.11 Å². The first-order valence-corrected chi connectivity index (χ1v) is 4.23. The van der Waals surface area contributed by atoms with Gasteiger partial charge in [-0.15, -0.1) is 0 Å². The summed E-state index contributed by atoms with van der Waals surface area (Å²) in [4.78, 5) is 10.7. The minimum Gasteiger partial charge on any atom is -0.478 e. The van der Waals surface area contributed by atoms with Crippen LogP contribution in [0.1, 0.15) is 22.8 Å². The number of aryl methyl sites for hydroxylation is 1. The van der Waals surface area contributed by atoms with Crippen LogP contribution in [-0.2, 0) is 0 Å². The van der Waals surface area contributed by atoms with Gasteiger partial charge in [-0.3, -0.25) is 0 Å². The SMILES string of the molecule is CCNc1ccc(C(=O)O)c(C)c1. The van der Waals surface area contributed by atoms with Gasteiger partial charge < -0.3 is 10.4 Å². The van der Waals surface area contributed by atoms with Gasteiger partial charge >= 0.3 is 5.97 Å². The van der Waals surface area contributed by atoms with Crippen LogP contribution < -0.4 is 5.32 Å². The molecule has 2 N–H and O–H groups in total. The second-order valence-corrected chi connectivity index (χ2v) is 2.87. The second-order valence-electron chi connectivity index (χ2n) is 2.87. The number of aromatic carboxylic acids is 1. The van der Waals surface area contributed by atoms with Gasteiger partial charge in [0, 0.05) is 12.2 Å². The molecule has 0 aliphatic carbocycles. The molecule has 0 aliphatic heterocycles. The van der Waals surface area contributed by atoms with Crippen molar-refractivity contribution in [3.63, 3.8) is 0 Å². The van der Waals surface area contributed by atoms with Gasteiger partial charge in [0.2, 0.25) is 0 Å². The molecular formula is C10H13NO2. The molecule has 0 fully saturated rings. The first kappa shape index (κ1) is 9.58. The molecule has 0 amide bonds. The van der Waals surface area contributed by atoms with Crippen LogP contribution >= 0.6 is 0 Å². The van der Waals surface area contributed by atoms with Crippen LogP contribution in [0, 0.1) is 6.92 Å². The third kappa shape index (κ3) is 2.21. The van der Waals surface area contributed by atoms with Gasteiger partial charge in [0.15, 0.2) is 0 Å². The third-order valence-electron chi connectivity index (χ3n) is 1.84. The van der Waals surface area contributed by atoms with Crippen molar-refractivity contribution in [2.24, 2.45) is 0 Å². The summed E-state index contributed by atoms with van der Waals surface area (Å²) >= 11 is 0. The molecule has 0 unspecified atom stereocenters. The largest absolute Gasteiger partial charge is 0.478 e. The van der Waals surface area contributed by atoms with E-state index in [2.05, 4.69) is 5.32 Å². The van der Waals surface area contributed by atoms with Crippen LogP contribution in [0.5, 0.6) is 0 Å². The highest BCUT2D eigenvalue weighted by molar-refractivity contribution is 5.89. The summed E-state index contributed by atoms with van der Waals surface area (Å²) in [6.45, 7) is 4.64. The zero-order valence-corrected chi connectivity index (χ0v) is 7.79. The van der Waals surface area contributed by atoms with Gasteiger partial charge in [0.05, 0.1) is 5.56 Å². The molecule has 0 saturated carbocycles. The van der Waals surface area contributed by atoms with E-state index in [0.717, 1.165) is 17.8 Å². The van der Waals surface area contributed by atoms with Crippen molar-refractivity contribution in [1.29, 1.82) is 0 Å². The zero-order valence-electron chi connectivity index (χ0n) is 7.79. The number of carboxylic acids is 1. The summed E-state index contributed by atoms with van der Waals surface area (Å²) in [5.41, 5.74) is 2.11. The Labute approximate surface area is 77.4 Å². The van der Waals surface area contributed by atoms with Crippen molar-refractivity contribution < 1.29 is 9.90 Å². The maximum Gasteiger partial charge on any atom is 0.335 e. The number of benzene rings is 1. The van der Waals surface area contributed by atoms with Gasteiger partial charge in [-0.25, -0.2) is 4.79 Å². The highest BCUT2D eigenvalue weighted by Gasteiger charge is 2.06. The van der Waals surface area contributed by atoms with Crippen molar-refractivity contribution in [3.8, 4) is 0 Å². The third-order valence-corrected chi connectivity index (χ3v) is 1.84. The average Bonchev–Trinajstić information content (AvgIpc) is 2.04. The van der Waals surface area contributed by atoms with Crippen LogP contribution in [0.15, 0.2) is 18.2 Å².